The molecule has 0 atom stereocenters. The zero-order valence-electron chi connectivity index (χ0n) is 17.6. The van der Waals surface area contributed by atoms with Gasteiger partial charge < -0.3 is 15.1 Å². The molecule has 0 bridgehead atoms. The highest BCUT2D eigenvalue weighted by molar-refractivity contribution is 14.0. The Hall–Kier alpha value is -1.84. The van der Waals surface area contributed by atoms with Crippen LogP contribution in [0.3, 0.4) is 0 Å². The molecule has 0 saturated heterocycles. The summed E-state index contributed by atoms with van der Waals surface area (Å²) in [5, 5.41) is 8.90. The van der Waals surface area contributed by atoms with Gasteiger partial charge in [0.1, 0.15) is 5.76 Å². The third-order valence-corrected chi connectivity index (χ3v) is 5.50. The van der Waals surface area contributed by atoms with Crippen molar-refractivity contribution in [2.45, 2.75) is 33.0 Å². The maximum atomic E-state index is 5.46. The second-order valence-corrected chi connectivity index (χ2v) is 8.00. The van der Waals surface area contributed by atoms with E-state index in [1.54, 1.807) is 17.6 Å². The molecule has 0 spiro atoms. The summed E-state index contributed by atoms with van der Waals surface area (Å²) in [5.41, 5.74) is 2.54. The molecule has 2 heterocycles. The summed E-state index contributed by atoms with van der Waals surface area (Å²) in [6.07, 6.45) is 2.73. The van der Waals surface area contributed by atoms with Gasteiger partial charge in [0.15, 0.2) is 5.96 Å². The van der Waals surface area contributed by atoms with Crippen molar-refractivity contribution in [1.82, 2.24) is 15.5 Å². The minimum Gasteiger partial charge on any atom is -0.468 e. The van der Waals surface area contributed by atoms with Gasteiger partial charge in [-0.25, -0.2) is 4.99 Å². The van der Waals surface area contributed by atoms with Gasteiger partial charge in [-0.15, -0.1) is 35.3 Å². The van der Waals surface area contributed by atoms with Gasteiger partial charge in [-0.1, -0.05) is 30.3 Å². The fraction of sp³-hybridized carbons (Fsp3) is 0.348. The number of furan rings is 1. The molecule has 0 aliphatic rings. The van der Waals surface area contributed by atoms with Gasteiger partial charge in [0.25, 0.3) is 0 Å². The highest BCUT2D eigenvalue weighted by atomic mass is 127. The Morgan fingerprint density at radius 3 is 2.57 bits per heavy atom. The summed E-state index contributed by atoms with van der Waals surface area (Å²) >= 11 is 1.80. The molecule has 0 fully saturated rings. The van der Waals surface area contributed by atoms with Crippen LogP contribution in [0.1, 0.15) is 28.7 Å². The summed E-state index contributed by atoms with van der Waals surface area (Å²) in [5.74, 6) is 1.84. The number of aliphatic imine (C=N–C) groups is 1. The minimum atomic E-state index is 0. The highest BCUT2D eigenvalue weighted by Crippen LogP contribution is 2.14. The molecule has 2 aromatic heterocycles. The van der Waals surface area contributed by atoms with Gasteiger partial charge in [0.05, 0.1) is 19.4 Å². The van der Waals surface area contributed by atoms with Crippen LogP contribution in [0.4, 0.5) is 0 Å². The van der Waals surface area contributed by atoms with Crippen LogP contribution >= 0.6 is 35.3 Å². The normalized spacial score (nSPS) is 11.4. The summed E-state index contributed by atoms with van der Waals surface area (Å²) < 4.78 is 5.46. The number of benzene rings is 1. The van der Waals surface area contributed by atoms with Crippen molar-refractivity contribution in [3.05, 3.63) is 81.9 Å². The average molecular weight is 538 g/mol. The van der Waals surface area contributed by atoms with E-state index in [-0.39, 0.29) is 24.0 Å². The van der Waals surface area contributed by atoms with Crippen LogP contribution < -0.4 is 10.6 Å². The van der Waals surface area contributed by atoms with E-state index in [0.29, 0.717) is 6.54 Å². The Morgan fingerprint density at radius 1 is 1.03 bits per heavy atom. The Morgan fingerprint density at radius 2 is 1.87 bits per heavy atom. The summed E-state index contributed by atoms with van der Waals surface area (Å²) in [7, 11) is 2.11. The monoisotopic (exact) mass is 538 g/mol. The van der Waals surface area contributed by atoms with Crippen molar-refractivity contribution in [3.8, 4) is 0 Å². The molecule has 2 N–H and O–H groups in total. The van der Waals surface area contributed by atoms with Crippen LogP contribution in [-0.2, 0) is 26.1 Å². The number of guanidine groups is 1. The van der Waals surface area contributed by atoms with Crippen LogP contribution in [0, 0.1) is 0 Å². The molecule has 7 heteroatoms. The standard InChI is InChI=1S/C23H30N4OS.HI/c1-3-24-23(25-13-12-22-11-7-15-29-22)26-16-19-8-4-5-9-20(19)17-27(2)18-21-10-6-14-28-21;/h4-11,14-15H,3,12-13,16-18H2,1-2H3,(H2,24,25,26);1H. The molecule has 0 aliphatic heterocycles. The van der Waals surface area contributed by atoms with Crippen LogP contribution in [0.15, 0.2) is 69.6 Å². The number of thiophene rings is 1. The lowest BCUT2D eigenvalue weighted by molar-refractivity contribution is 0.287. The van der Waals surface area contributed by atoms with Crippen LogP contribution in [0.2, 0.25) is 0 Å². The van der Waals surface area contributed by atoms with Crippen molar-refractivity contribution >= 4 is 41.3 Å². The number of hydrogen-bond acceptors (Lipinski definition) is 4. The number of hydrogen-bond donors (Lipinski definition) is 2. The Kier molecular flexibility index (Phi) is 11.0. The van der Waals surface area contributed by atoms with E-state index in [1.807, 2.05) is 12.1 Å². The molecular weight excluding hydrogens is 507 g/mol. The molecule has 0 radical (unpaired) electrons. The number of nitrogens with one attached hydrogen (secondary N) is 2. The van der Waals surface area contributed by atoms with Gasteiger partial charge in [-0.05, 0) is 55.1 Å². The van der Waals surface area contributed by atoms with Crippen LogP contribution in [0.25, 0.3) is 0 Å². The molecule has 30 heavy (non-hydrogen) atoms. The molecule has 1 aromatic carbocycles. The fourth-order valence-electron chi connectivity index (χ4n) is 3.15. The first-order chi connectivity index (χ1) is 14.2. The first-order valence-corrected chi connectivity index (χ1v) is 10.9. The SMILES string of the molecule is CCNC(=NCc1ccccc1CN(C)Cc1ccco1)NCCc1cccs1.I. The van der Waals surface area contributed by atoms with Gasteiger partial charge in [0.2, 0.25) is 0 Å². The third kappa shape index (κ3) is 8.12. The molecule has 5 nitrogen and oxygen atoms in total. The lowest BCUT2D eigenvalue weighted by Crippen LogP contribution is -2.38. The lowest BCUT2D eigenvalue weighted by Gasteiger charge is -2.17. The first kappa shape index (κ1) is 24.4. The Labute approximate surface area is 200 Å². The van der Waals surface area contributed by atoms with Crippen molar-refractivity contribution < 1.29 is 4.42 Å². The molecule has 0 aliphatic carbocycles. The Bertz CT molecular complexity index is 865. The van der Waals surface area contributed by atoms with Crippen LogP contribution in [-0.4, -0.2) is 31.0 Å². The number of rotatable bonds is 10. The smallest absolute Gasteiger partial charge is 0.191 e. The zero-order chi connectivity index (χ0) is 20.3. The van der Waals surface area contributed by atoms with E-state index in [4.69, 9.17) is 9.41 Å². The van der Waals surface area contributed by atoms with Gasteiger partial charge in [-0.3, -0.25) is 4.90 Å². The van der Waals surface area contributed by atoms with Crippen LogP contribution in [0.5, 0.6) is 0 Å². The predicted octanol–water partition coefficient (Wildman–Crippen LogP) is 4.89. The zero-order valence-corrected chi connectivity index (χ0v) is 20.8. The second kappa shape index (κ2) is 13.5. The maximum absolute atomic E-state index is 5.46. The first-order valence-electron chi connectivity index (χ1n) is 10.1. The highest BCUT2D eigenvalue weighted by Gasteiger charge is 2.08. The second-order valence-electron chi connectivity index (χ2n) is 6.97. The molecule has 3 rings (SSSR count). The molecular formula is C23H31IN4OS. The van der Waals surface area contributed by atoms with E-state index in [9.17, 15) is 0 Å². The number of halogens is 1. The van der Waals surface area contributed by atoms with E-state index >= 15 is 0 Å². The van der Waals surface area contributed by atoms with Crippen molar-refractivity contribution in [3.63, 3.8) is 0 Å². The molecule has 162 valence electrons. The molecule has 0 unspecified atom stereocenters. The third-order valence-electron chi connectivity index (χ3n) is 4.56. The van der Waals surface area contributed by atoms with Gasteiger partial charge in [-0.2, -0.15) is 0 Å². The average Bonchev–Trinajstić information content (AvgIpc) is 3.41. The lowest BCUT2D eigenvalue weighted by atomic mass is 10.1. The van der Waals surface area contributed by atoms with Crippen molar-refractivity contribution in [1.29, 1.82) is 0 Å². The van der Waals surface area contributed by atoms with Crippen molar-refractivity contribution in [2.75, 3.05) is 20.1 Å². The topological polar surface area (TPSA) is 52.8 Å². The molecule has 0 amide bonds. The molecule has 0 saturated carbocycles. The largest absolute Gasteiger partial charge is 0.468 e. The van der Waals surface area contributed by atoms with Gasteiger partial charge >= 0.3 is 0 Å². The molecule has 3 aromatic rings. The van der Waals surface area contributed by atoms with E-state index in [1.165, 1.54) is 16.0 Å². The maximum Gasteiger partial charge on any atom is 0.191 e. The summed E-state index contributed by atoms with van der Waals surface area (Å²) in [4.78, 5) is 8.45. The van der Waals surface area contributed by atoms with Gasteiger partial charge in [0, 0.05) is 24.5 Å². The Balaban J connectivity index is 0.00000320. The quantitative estimate of drug-likeness (QED) is 0.219. The van der Waals surface area contributed by atoms with E-state index in [0.717, 1.165) is 44.3 Å². The van der Waals surface area contributed by atoms with Crippen molar-refractivity contribution in [2.24, 2.45) is 4.99 Å². The predicted molar refractivity (Wildman–Crippen MR) is 137 cm³/mol. The van der Waals surface area contributed by atoms with E-state index in [2.05, 4.69) is 71.3 Å². The number of nitrogens with zero attached hydrogens (tertiary/aromatic N) is 2. The fourth-order valence-corrected chi connectivity index (χ4v) is 3.86. The summed E-state index contributed by atoms with van der Waals surface area (Å²) in [6, 6.07) is 16.7. The van der Waals surface area contributed by atoms with E-state index < -0.39 is 0 Å². The minimum absolute atomic E-state index is 0. The summed E-state index contributed by atoms with van der Waals surface area (Å²) in [6.45, 7) is 6.11.